The van der Waals surface area contributed by atoms with Gasteiger partial charge < -0.3 is 10.4 Å². The fraction of sp³-hybridized carbons (Fsp3) is 0.933. The van der Waals surface area contributed by atoms with Crippen molar-refractivity contribution in [3.8, 4) is 0 Å². The summed E-state index contributed by atoms with van der Waals surface area (Å²) in [7, 11) is 0. The van der Waals surface area contributed by atoms with E-state index in [0.29, 0.717) is 12.1 Å². The van der Waals surface area contributed by atoms with E-state index in [0.717, 1.165) is 19.5 Å². The van der Waals surface area contributed by atoms with E-state index in [1.807, 2.05) is 0 Å². The number of nitrogens with one attached hydrogen (secondary N) is 1. The minimum atomic E-state index is -0.673. The van der Waals surface area contributed by atoms with Gasteiger partial charge in [0.2, 0.25) is 0 Å². The summed E-state index contributed by atoms with van der Waals surface area (Å²) in [6.45, 7) is 6.46. The van der Waals surface area contributed by atoms with Crippen molar-refractivity contribution in [2.45, 2.75) is 76.4 Å². The molecule has 4 heteroatoms. The van der Waals surface area contributed by atoms with E-state index in [1.165, 1.54) is 32.1 Å². The average Bonchev–Trinajstić information content (AvgIpc) is 2.37. The molecule has 0 aromatic rings. The van der Waals surface area contributed by atoms with Crippen molar-refractivity contribution in [3.63, 3.8) is 0 Å². The molecule has 0 aromatic carbocycles. The van der Waals surface area contributed by atoms with Crippen molar-refractivity contribution in [3.05, 3.63) is 0 Å². The maximum absolute atomic E-state index is 10.8. The van der Waals surface area contributed by atoms with E-state index in [-0.39, 0.29) is 12.0 Å². The molecule has 1 saturated carbocycles. The zero-order valence-electron chi connectivity index (χ0n) is 12.3. The molecular formula is C15H28N2O2. The number of nitrogens with zero attached hydrogens (tertiary/aromatic N) is 1. The Morgan fingerprint density at radius 3 is 2.63 bits per heavy atom. The van der Waals surface area contributed by atoms with Crippen molar-refractivity contribution < 1.29 is 9.90 Å². The maximum Gasteiger partial charge on any atom is 0.303 e. The van der Waals surface area contributed by atoms with Crippen LogP contribution in [0.25, 0.3) is 0 Å². The Morgan fingerprint density at radius 1 is 1.32 bits per heavy atom. The van der Waals surface area contributed by atoms with Crippen LogP contribution in [-0.2, 0) is 4.79 Å². The molecule has 0 spiro atoms. The molecule has 2 fully saturated rings. The SMILES string of the molecule is CC1(C)CN(C2CCCCC2)C(CCC(=O)O)CN1. The van der Waals surface area contributed by atoms with Gasteiger partial charge in [-0.25, -0.2) is 0 Å². The second-order valence-electron chi connectivity index (χ2n) is 6.82. The van der Waals surface area contributed by atoms with Gasteiger partial charge in [-0.2, -0.15) is 0 Å². The maximum atomic E-state index is 10.8. The zero-order valence-corrected chi connectivity index (χ0v) is 12.3. The van der Waals surface area contributed by atoms with E-state index in [1.54, 1.807) is 0 Å². The molecule has 0 aromatic heterocycles. The van der Waals surface area contributed by atoms with Gasteiger partial charge >= 0.3 is 5.97 Å². The number of carboxylic acids is 1. The Morgan fingerprint density at radius 2 is 2.00 bits per heavy atom. The van der Waals surface area contributed by atoms with Gasteiger partial charge in [-0.15, -0.1) is 0 Å². The second kappa shape index (κ2) is 6.23. The Kier molecular flexibility index (Phi) is 4.85. The fourth-order valence-electron chi connectivity index (χ4n) is 3.55. The first-order valence-electron chi connectivity index (χ1n) is 7.70. The van der Waals surface area contributed by atoms with Crippen LogP contribution >= 0.6 is 0 Å². The van der Waals surface area contributed by atoms with Gasteiger partial charge in [0.25, 0.3) is 0 Å². The summed E-state index contributed by atoms with van der Waals surface area (Å²) in [5, 5.41) is 12.5. The minimum absolute atomic E-state index is 0.150. The van der Waals surface area contributed by atoms with Crippen LogP contribution in [0.5, 0.6) is 0 Å². The number of hydrogen-bond acceptors (Lipinski definition) is 3. The number of rotatable bonds is 4. The molecule has 0 amide bonds. The molecule has 0 bridgehead atoms. The lowest BCUT2D eigenvalue weighted by Gasteiger charge is -2.49. The van der Waals surface area contributed by atoms with E-state index in [9.17, 15) is 4.79 Å². The quantitative estimate of drug-likeness (QED) is 0.821. The fourth-order valence-corrected chi connectivity index (χ4v) is 3.55. The molecule has 0 radical (unpaired) electrons. The highest BCUT2D eigenvalue weighted by Crippen LogP contribution is 2.29. The summed E-state index contributed by atoms with van der Waals surface area (Å²) >= 11 is 0. The van der Waals surface area contributed by atoms with Crippen LogP contribution in [-0.4, -0.2) is 46.7 Å². The lowest BCUT2D eigenvalue weighted by molar-refractivity contribution is -0.137. The van der Waals surface area contributed by atoms with Gasteiger partial charge in [0.1, 0.15) is 0 Å². The first-order valence-corrected chi connectivity index (χ1v) is 7.70. The summed E-state index contributed by atoms with van der Waals surface area (Å²) in [6, 6.07) is 1.07. The highest BCUT2D eigenvalue weighted by molar-refractivity contribution is 5.66. The molecule has 1 aliphatic heterocycles. The minimum Gasteiger partial charge on any atom is -0.481 e. The van der Waals surface area contributed by atoms with Crippen LogP contribution < -0.4 is 5.32 Å². The Labute approximate surface area is 116 Å². The summed E-state index contributed by atoms with van der Waals surface area (Å²) in [5.41, 5.74) is 0.150. The standard InChI is InChI=1S/C15H28N2O2/c1-15(2)11-17(12-6-4-3-5-7-12)13(10-16-15)8-9-14(18)19/h12-13,16H,3-11H2,1-2H3,(H,18,19). The third-order valence-electron chi connectivity index (χ3n) is 4.60. The van der Waals surface area contributed by atoms with Gasteiger partial charge in [-0.3, -0.25) is 9.69 Å². The largest absolute Gasteiger partial charge is 0.481 e. The Balaban J connectivity index is 2.00. The van der Waals surface area contributed by atoms with Gasteiger partial charge in [0.15, 0.2) is 0 Å². The van der Waals surface area contributed by atoms with Crippen molar-refractivity contribution >= 4 is 5.97 Å². The van der Waals surface area contributed by atoms with Crippen LogP contribution in [0.1, 0.15) is 58.8 Å². The number of piperazine rings is 1. The molecule has 1 aliphatic carbocycles. The lowest BCUT2D eigenvalue weighted by Crippen LogP contribution is -2.64. The van der Waals surface area contributed by atoms with Crippen molar-refractivity contribution in [1.29, 1.82) is 0 Å². The summed E-state index contributed by atoms with van der Waals surface area (Å²) in [4.78, 5) is 13.4. The first-order chi connectivity index (χ1) is 8.98. The smallest absolute Gasteiger partial charge is 0.303 e. The third-order valence-corrected chi connectivity index (χ3v) is 4.60. The topological polar surface area (TPSA) is 52.6 Å². The van der Waals surface area contributed by atoms with Crippen LogP contribution in [0, 0.1) is 0 Å². The monoisotopic (exact) mass is 268 g/mol. The van der Waals surface area contributed by atoms with Crippen molar-refractivity contribution in [2.24, 2.45) is 0 Å². The number of hydrogen-bond donors (Lipinski definition) is 2. The number of aliphatic carboxylic acids is 1. The van der Waals surface area contributed by atoms with Crippen LogP contribution in [0.3, 0.4) is 0 Å². The van der Waals surface area contributed by atoms with E-state index in [2.05, 4.69) is 24.1 Å². The predicted octanol–water partition coefficient (Wildman–Crippen LogP) is 2.24. The number of carbonyl (C=O) groups is 1. The van der Waals surface area contributed by atoms with E-state index in [4.69, 9.17) is 5.11 Å². The molecule has 1 saturated heterocycles. The van der Waals surface area contributed by atoms with Crippen LogP contribution in [0.2, 0.25) is 0 Å². The highest BCUT2D eigenvalue weighted by atomic mass is 16.4. The molecule has 2 N–H and O–H groups in total. The molecule has 110 valence electrons. The zero-order chi connectivity index (χ0) is 13.9. The van der Waals surface area contributed by atoms with Crippen LogP contribution in [0.4, 0.5) is 0 Å². The molecule has 19 heavy (non-hydrogen) atoms. The third kappa shape index (κ3) is 4.18. The van der Waals surface area contributed by atoms with Crippen molar-refractivity contribution in [1.82, 2.24) is 10.2 Å². The van der Waals surface area contributed by atoms with E-state index < -0.39 is 5.97 Å². The summed E-state index contributed by atoms with van der Waals surface area (Å²) < 4.78 is 0. The second-order valence-corrected chi connectivity index (χ2v) is 6.82. The normalized spacial score (nSPS) is 29.3. The van der Waals surface area contributed by atoms with E-state index >= 15 is 0 Å². The van der Waals surface area contributed by atoms with Gasteiger partial charge in [-0.05, 0) is 33.1 Å². The highest BCUT2D eigenvalue weighted by Gasteiger charge is 2.36. The van der Waals surface area contributed by atoms with Crippen molar-refractivity contribution in [2.75, 3.05) is 13.1 Å². The molecule has 1 atom stereocenters. The lowest BCUT2D eigenvalue weighted by atomic mass is 9.88. The van der Waals surface area contributed by atoms with Crippen LogP contribution in [0.15, 0.2) is 0 Å². The average molecular weight is 268 g/mol. The first kappa shape index (κ1) is 14.8. The predicted molar refractivity (Wildman–Crippen MR) is 76.3 cm³/mol. The van der Waals surface area contributed by atoms with Gasteiger partial charge in [0.05, 0.1) is 0 Å². The Hall–Kier alpha value is -0.610. The summed E-state index contributed by atoms with van der Waals surface area (Å²) in [6.07, 6.45) is 7.68. The molecule has 2 aliphatic rings. The van der Waals surface area contributed by atoms with Gasteiger partial charge in [0, 0.05) is 37.1 Å². The number of carboxylic acid groups (broad SMARTS) is 1. The molecule has 1 heterocycles. The molecule has 1 unspecified atom stereocenters. The molecule has 4 nitrogen and oxygen atoms in total. The summed E-state index contributed by atoms with van der Waals surface area (Å²) in [5.74, 6) is -0.673. The molecular weight excluding hydrogens is 240 g/mol. The molecule has 2 rings (SSSR count). The Bertz CT molecular complexity index is 311. The van der Waals surface area contributed by atoms with Gasteiger partial charge in [-0.1, -0.05) is 19.3 Å².